The van der Waals surface area contributed by atoms with Crippen LogP contribution in [0.1, 0.15) is 207 Å². The van der Waals surface area contributed by atoms with Gasteiger partial charge in [0.2, 0.25) is 0 Å². The molecule has 0 aromatic carbocycles. The molecule has 37 heavy (non-hydrogen) atoms. The molecular weight excluding hydrogens is 446 g/mol. The zero-order chi connectivity index (χ0) is 27.1. The first-order chi connectivity index (χ1) is 18.2. The Labute approximate surface area is 237 Å². The van der Waals surface area contributed by atoms with E-state index in [0.717, 1.165) is 0 Å². The van der Waals surface area contributed by atoms with Crippen molar-refractivity contribution in [3.8, 4) is 0 Å². The van der Waals surface area contributed by atoms with Crippen LogP contribution in [0.25, 0.3) is 0 Å². The zero-order valence-corrected chi connectivity index (χ0v) is 27.1. The molecule has 0 bridgehead atoms. The number of hydrogen-bond donors (Lipinski definition) is 0. The van der Waals surface area contributed by atoms with Crippen LogP contribution in [-0.2, 0) is 0 Å². The quantitative estimate of drug-likeness (QED) is 0.0608. The lowest BCUT2D eigenvalue weighted by molar-refractivity contribution is -0.929. The van der Waals surface area contributed by atoms with Gasteiger partial charge in [-0.2, -0.15) is 0 Å². The van der Waals surface area contributed by atoms with Crippen molar-refractivity contribution >= 4 is 0 Å². The summed E-state index contributed by atoms with van der Waals surface area (Å²) in [7, 11) is 0. The van der Waals surface area contributed by atoms with Crippen LogP contribution in [0.5, 0.6) is 0 Å². The third-order valence-electron chi connectivity index (χ3n) is 8.94. The lowest BCUT2D eigenvalue weighted by Gasteiger charge is -2.39. The van der Waals surface area contributed by atoms with Gasteiger partial charge in [0.25, 0.3) is 0 Å². The molecule has 0 aromatic heterocycles. The second kappa shape index (κ2) is 30.5. The molecule has 0 heterocycles. The van der Waals surface area contributed by atoms with Gasteiger partial charge >= 0.3 is 0 Å². The van der Waals surface area contributed by atoms with Crippen LogP contribution in [0, 0.1) is 0 Å². The Morgan fingerprint density at radius 3 is 0.649 bits per heavy atom. The van der Waals surface area contributed by atoms with Crippen molar-refractivity contribution in [2.45, 2.75) is 207 Å². The molecule has 0 saturated carbocycles. The average molecular weight is 523 g/mol. The smallest absolute Gasteiger partial charge is 0.0786 e. The fourth-order valence-electron chi connectivity index (χ4n) is 6.21. The summed E-state index contributed by atoms with van der Waals surface area (Å²) in [5.74, 6) is 0. The molecule has 0 N–H and O–H groups in total. The predicted octanol–water partition coefficient (Wildman–Crippen LogP) is 12.8. The Balaban J connectivity index is 3.52. The highest BCUT2D eigenvalue weighted by atomic mass is 15.3. The van der Waals surface area contributed by atoms with E-state index in [-0.39, 0.29) is 0 Å². The fourth-order valence-corrected chi connectivity index (χ4v) is 6.21. The molecule has 0 spiro atoms. The highest BCUT2D eigenvalue weighted by Crippen LogP contribution is 2.19. The van der Waals surface area contributed by atoms with Crippen LogP contribution in [-0.4, -0.2) is 30.7 Å². The summed E-state index contributed by atoms with van der Waals surface area (Å²) in [4.78, 5) is 0. The van der Waals surface area contributed by atoms with E-state index in [1.54, 1.807) is 0 Å². The molecule has 0 aliphatic carbocycles. The van der Waals surface area contributed by atoms with Crippen molar-refractivity contribution in [1.29, 1.82) is 0 Å². The van der Waals surface area contributed by atoms with Crippen LogP contribution >= 0.6 is 0 Å². The third-order valence-corrected chi connectivity index (χ3v) is 8.94. The Bertz CT molecular complexity index is 382. The van der Waals surface area contributed by atoms with Crippen LogP contribution in [0.4, 0.5) is 0 Å². The summed E-state index contributed by atoms with van der Waals surface area (Å²) in [5, 5.41) is 0. The van der Waals surface area contributed by atoms with E-state index in [0.29, 0.717) is 0 Å². The molecule has 0 aliphatic heterocycles. The summed E-state index contributed by atoms with van der Waals surface area (Å²) in [6.07, 6.45) is 40.9. The standard InChI is InChI=1S/C36H76N/c1-5-9-13-14-15-16-17-18-19-20-21-22-23-24-25-26-27-28-29-30-31-32-36-37(33-10-6-2,34-11-7-3)35-12-8-4/h5-36H2,1-4H3/q+1. The molecular formula is C36H76N+. The van der Waals surface area contributed by atoms with Crippen LogP contribution in [0.2, 0.25) is 0 Å². The van der Waals surface area contributed by atoms with Gasteiger partial charge in [-0.05, 0) is 32.1 Å². The van der Waals surface area contributed by atoms with Gasteiger partial charge in [0, 0.05) is 0 Å². The molecule has 0 unspecified atom stereocenters. The number of nitrogens with zero attached hydrogens (tertiary/aromatic N) is 1. The third kappa shape index (κ3) is 26.0. The molecule has 0 saturated heterocycles. The van der Waals surface area contributed by atoms with E-state index >= 15 is 0 Å². The van der Waals surface area contributed by atoms with E-state index in [9.17, 15) is 0 Å². The van der Waals surface area contributed by atoms with Gasteiger partial charge in [0.15, 0.2) is 0 Å². The van der Waals surface area contributed by atoms with Crippen molar-refractivity contribution in [1.82, 2.24) is 0 Å². The number of quaternary nitrogens is 1. The Morgan fingerprint density at radius 1 is 0.216 bits per heavy atom. The molecule has 224 valence electrons. The zero-order valence-electron chi connectivity index (χ0n) is 27.1. The number of unbranched alkanes of at least 4 members (excludes halogenated alkanes) is 24. The monoisotopic (exact) mass is 523 g/mol. The summed E-state index contributed by atoms with van der Waals surface area (Å²) in [6.45, 7) is 15.2. The summed E-state index contributed by atoms with van der Waals surface area (Å²) < 4.78 is 1.44. The molecule has 0 aromatic rings. The molecule has 0 fully saturated rings. The van der Waals surface area contributed by atoms with E-state index in [2.05, 4.69) is 27.7 Å². The summed E-state index contributed by atoms with van der Waals surface area (Å²) in [5.41, 5.74) is 0. The number of hydrogen-bond acceptors (Lipinski definition) is 0. The highest BCUT2D eigenvalue weighted by Gasteiger charge is 2.24. The topological polar surface area (TPSA) is 0 Å². The van der Waals surface area contributed by atoms with E-state index in [4.69, 9.17) is 0 Å². The first-order valence-electron chi connectivity index (χ1n) is 18.1. The van der Waals surface area contributed by atoms with Gasteiger partial charge in [-0.15, -0.1) is 0 Å². The maximum absolute atomic E-state index is 2.37. The molecule has 0 atom stereocenters. The van der Waals surface area contributed by atoms with E-state index < -0.39 is 0 Å². The Hall–Kier alpha value is -0.0400. The number of rotatable bonds is 32. The minimum absolute atomic E-state index is 1.36. The van der Waals surface area contributed by atoms with Crippen LogP contribution < -0.4 is 0 Å². The lowest BCUT2D eigenvalue weighted by Crippen LogP contribution is -2.50. The van der Waals surface area contributed by atoms with Crippen molar-refractivity contribution in [2.24, 2.45) is 0 Å². The minimum Gasteiger partial charge on any atom is -0.324 e. The van der Waals surface area contributed by atoms with Gasteiger partial charge in [-0.3, -0.25) is 0 Å². The second-order valence-electron chi connectivity index (χ2n) is 12.7. The minimum atomic E-state index is 1.36. The SMILES string of the molecule is CCCCCCCCCCCCCCCCCCCCCCCC[N+](CCCC)(CCCC)CCCC. The van der Waals surface area contributed by atoms with E-state index in [1.807, 2.05) is 0 Å². The van der Waals surface area contributed by atoms with Gasteiger partial charge in [-0.25, -0.2) is 0 Å². The predicted molar refractivity (Wildman–Crippen MR) is 172 cm³/mol. The van der Waals surface area contributed by atoms with Crippen LogP contribution in [0.3, 0.4) is 0 Å². The second-order valence-corrected chi connectivity index (χ2v) is 12.7. The average Bonchev–Trinajstić information content (AvgIpc) is 2.92. The van der Waals surface area contributed by atoms with Crippen LogP contribution in [0.15, 0.2) is 0 Å². The Kier molecular flexibility index (Phi) is 30.5. The molecule has 0 radical (unpaired) electrons. The molecule has 0 rings (SSSR count). The largest absolute Gasteiger partial charge is 0.324 e. The van der Waals surface area contributed by atoms with Gasteiger partial charge in [-0.1, -0.05) is 175 Å². The molecule has 1 nitrogen and oxygen atoms in total. The van der Waals surface area contributed by atoms with Gasteiger partial charge in [0.1, 0.15) is 0 Å². The van der Waals surface area contributed by atoms with E-state index in [1.165, 1.54) is 210 Å². The fraction of sp³-hybridized carbons (Fsp3) is 1.00. The lowest BCUT2D eigenvalue weighted by atomic mass is 10.0. The summed E-state index contributed by atoms with van der Waals surface area (Å²) in [6, 6.07) is 0. The first kappa shape index (κ1) is 37.0. The maximum atomic E-state index is 2.37. The summed E-state index contributed by atoms with van der Waals surface area (Å²) >= 11 is 0. The van der Waals surface area contributed by atoms with Crippen molar-refractivity contribution < 1.29 is 4.48 Å². The highest BCUT2D eigenvalue weighted by molar-refractivity contribution is 4.53. The normalized spacial score (nSPS) is 12.0. The molecule has 1 heteroatoms. The van der Waals surface area contributed by atoms with Crippen molar-refractivity contribution in [3.05, 3.63) is 0 Å². The van der Waals surface area contributed by atoms with Crippen molar-refractivity contribution in [2.75, 3.05) is 26.2 Å². The van der Waals surface area contributed by atoms with Crippen molar-refractivity contribution in [3.63, 3.8) is 0 Å². The maximum Gasteiger partial charge on any atom is 0.0786 e. The van der Waals surface area contributed by atoms with Gasteiger partial charge in [0.05, 0.1) is 26.2 Å². The van der Waals surface area contributed by atoms with Gasteiger partial charge < -0.3 is 4.48 Å². The molecule has 0 amide bonds. The molecule has 0 aliphatic rings. The first-order valence-corrected chi connectivity index (χ1v) is 18.1. The Morgan fingerprint density at radius 2 is 0.405 bits per heavy atom.